The Morgan fingerprint density at radius 3 is 2.36 bits per heavy atom. The van der Waals surface area contributed by atoms with Crippen LogP contribution in [0.5, 0.6) is 0 Å². The van der Waals surface area contributed by atoms with Crippen LogP contribution in [-0.4, -0.2) is 28.2 Å². The molecule has 4 aliphatic carbocycles. The van der Waals surface area contributed by atoms with Crippen molar-refractivity contribution >= 4 is 11.9 Å². The van der Waals surface area contributed by atoms with Crippen LogP contribution in [0, 0.1) is 58.2 Å². The molecule has 36 heavy (non-hydrogen) atoms. The Labute approximate surface area is 218 Å². The quantitative estimate of drug-likeness (QED) is 0.303. The van der Waals surface area contributed by atoms with Crippen LogP contribution in [0.3, 0.4) is 0 Å². The molecule has 3 fully saturated rings. The molecule has 0 radical (unpaired) electrons. The third-order valence-electron chi connectivity index (χ3n) is 11.8. The number of aliphatic carboxylic acids is 2. The predicted octanol–water partition coefficient (Wildman–Crippen LogP) is 6.76. The fourth-order valence-corrected chi connectivity index (χ4v) is 9.82. The van der Waals surface area contributed by atoms with Crippen molar-refractivity contribution in [1.29, 1.82) is 0 Å². The molecule has 0 spiro atoms. The van der Waals surface area contributed by atoms with Gasteiger partial charge in [0.1, 0.15) is 6.04 Å². The zero-order valence-electron chi connectivity index (χ0n) is 23.3. The second-order valence-electron chi connectivity index (χ2n) is 14.0. The molecule has 0 amide bonds. The molecule has 0 saturated heterocycles. The first kappa shape index (κ1) is 27.7. The van der Waals surface area contributed by atoms with E-state index in [4.69, 9.17) is 5.73 Å². The molecule has 5 heteroatoms. The number of hydrogen-bond acceptors (Lipinski definition) is 3. The zero-order chi connectivity index (χ0) is 26.4. The molecular formula is C31H51NO4. The Hall–Kier alpha value is -1.36. The van der Waals surface area contributed by atoms with Crippen molar-refractivity contribution in [2.45, 2.75) is 111 Å². The van der Waals surface area contributed by atoms with Gasteiger partial charge in [-0.15, -0.1) is 0 Å². The number of fused-ring (bicyclic) bond motifs is 5. The van der Waals surface area contributed by atoms with Gasteiger partial charge < -0.3 is 15.9 Å². The highest BCUT2D eigenvalue weighted by Crippen LogP contribution is 2.67. The summed E-state index contributed by atoms with van der Waals surface area (Å²) in [5.41, 5.74) is 7.83. The van der Waals surface area contributed by atoms with Crippen LogP contribution in [0.4, 0.5) is 0 Å². The number of carboxylic acids is 2. The summed E-state index contributed by atoms with van der Waals surface area (Å²) in [4.78, 5) is 23.5. The van der Waals surface area contributed by atoms with Crippen LogP contribution in [0.2, 0.25) is 0 Å². The predicted molar refractivity (Wildman–Crippen MR) is 143 cm³/mol. The molecule has 0 aromatic heterocycles. The molecule has 0 aromatic rings. The van der Waals surface area contributed by atoms with E-state index in [1.54, 1.807) is 0 Å². The molecule has 0 aliphatic heterocycles. The van der Waals surface area contributed by atoms with Gasteiger partial charge in [-0.2, -0.15) is 0 Å². The molecule has 0 aromatic carbocycles. The standard InChI is InChI=1S/C31H51NO4/c1-18(2)7-6-8-19(3)23-11-12-24-22-10-9-21-17-20(26(28(33)34)27(32)29(35)36)13-15-30(21,4)25(22)14-16-31(23,24)5/h9,18-20,22-27H,6-8,10-17,32H2,1-5H3,(H,33,34)(H,35,36)/t19-,20?,22?,23-,24?,25?,26?,27+,30+,31-/m1/s1. The molecule has 4 aliphatic rings. The summed E-state index contributed by atoms with van der Waals surface area (Å²) in [7, 11) is 0. The van der Waals surface area contributed by atoms with Crippen LogP contribution >= 0.6 is 0 Å². The minimum atomic E-state index is -1.35. The first-order valence-corrected chi connectivity index (χ1v) is 14.8. The third kappa shape index (κ3) is 4.78. The molecule has 10 atom stereocenters. The van der Waals surface area contributed by atoms with Crippen LogP contribution in [-0.2, 0) is 9.59 Å². The van der Waals surface area contributed by atoms with Crippen molar-refractivity contribution in [1.82, 2.24) is 0 Å². The van der Waals surface area contributed by atoms with Crippen LogP contribution in [0.15, 0.2) is 11.6 Å². The van der Waals surface area contributed by atoms with E-state index >= 15 is 0 Å². The van der Waals surface area contributed by atoms with Crippen LogP contribution in [0.1, 0.15) is 105 Å². The zero-order valence-corrected chi connectivity index (χ0v) is 23.3. The van der Waals surface area contributed by atoms with E-state index in [0.29, 0.717) is 17.8 Å². The number of rotatable bonds is 9. The minimum Gasteiger partial charge on any atom is -0.481 e. The molecule has 4 N–H and O–H groups in total. The maximum Gasteiger partial charge on any atom is 0.321 e. The molecule has 204 valence electrons. The molecule has 0 heterocycles. The van der Waals surface area contributed by atoms with E-state index in [2.05, 4.69) is 40.7 Å². The second-order valence-corrected chi connectivity index (χ2v) is 14.0. The highest BCUT2D eigenvalue weighted by Gasteiger charge is 2.59. The summed E-state index contributed by atoms with van der Waals surface area (Å²) in [5, 5.41) is 19.2. The summed E-state index contributed by atoms with van der Waals surface area (Å²) in [6, 6.07) is -1.35. The summed E-state index contributed by atoms with van der Waals surface area (Å²) in [6.45, 7) is 12.2. The Bertz CT molecular complexity index is 867. The Morgan fingerprint density at radius 1 is 1.00 bits per heavy atom. The monoisotopic (exact) mass is 501 g/mol. The molecule has 5 nitrogen and oxygen atoms in total. The van der Waals surface area contributed by atoms with E-state index in [1.807, 2.05) is 0 Å². The Balaban J connectivity index is 1.49. The number of carboxylic acid groups (broad SMARTS) is 2. The normalized spacial score (nSPS) is 40.4. The lowest BCUT2D eigenvalue weighted by Crippen LogP contribution is -2.52. The van der Waals surface area contributed by atoms with Gasteiger partial charge in [0.2, 0.25) is 0 Å². The lowest BCUT2D eigenvalue weighted by atomic mass is 9.46. The van der Waals surface area contributed by atoms with Crippen LogP contribution in [0.25, 0.3) is 0 Å². The Morgan fingerprint density at radius 2 is 1.72 bits per heavy atom. The van der Waals surface area contributed by atoms with Crippen LogP contribution < -0.4 is 5.73 Å². The number of allylic oxidation sites excluding steroid dienone is 2. The van der Waals surface area contributed by atoms with Gasteiger partial charge >= 0.3 is 11.9 Å². The first-order chi connectivity index (χ1) is 16.9. The van der Waals surface area contributed by atoms with Gasteiger partial charge in [-0.3, -0.25) is 9.59 Å². The van der Waals surface area contributed by atoms with Crippen molar-refractivity contribution in [2.24, 2.45) is 63.9 Å². The summed E-state index contributed by atoms with van der Waals surface area (Å²) in [5.74, 6) is 1.16. The second kappa shape index (κ2) is 10.4. The van der Waals surface area contributed by atoms with Crippen molar-refractivity contribution in [3.8, 4) is 0 Å². The van der Waals surface area contributed by atoms with Gasteiger partial charge in [0.05, 0.1) is 5.92 Å². The van der Waals surface area contributed by atoms with Gasteiger partial charge in [0.25, 0.3) is 0 Å². The SMILES string of the molecule is CC(C)CCC[C@@H](C)[C@H]1CCC2C3CC=C4CC(C(C(=O)O)[C@H](N)C(=O)O)CC[C@]4(C)C3CC[C@@]21C. The fraction of sp³-hybridized carbons (Fsp3) is 0.871. The first-order valence-electron chi connectivity index (χ1n) is 14.8. The molecule has 0 bridgehead atoms. The van der Waals surface area contributed by atoms with Gasteiger partial charge in [-0.05, 0) is 104 Å². The molecular weight excluding hydrogens is 450 g/mol. The van der Waals surface area contributed by atoms with Gasteiger partial charge in [-0.25, -0.2) is 0 Å². The third-order valence-corrected chi connectivity index (χ3v) is 11.8. The summed E-state index contributed by atoms with van der Waals surface area (Å²) in [6.07, 6.45) is 15.4. The lowest BCUT2D eigenvalue weighted by molar-refractivity contribution is -0.152. The highest BCUT2D eigenvalue weighted by molar-refractivity contribution is 5.82. The number of carbonyl (C=O) groups is 2. The smallest absolute Gasteiger partial charge is 0.321 e. The maximum atomic E-state index is 12.0. The average molecular weight is 502 g/mol. The van der Waals surface area contributed by atoms with Gasteiger partial charge in [-0.1, -0.05) is 65.5 Å². The van der Waals surface area contributed by atoms with E-state index in [9.17, 15) is 19.8 Å². The lowest BCUT2D eigenvalue weighted by Gasteiger charge is -2.59. The van der Waals surface area contributed by atoms with E-state index in [-0.39, 0.29) is 11.3 Å². The average Bonchev–Trinajstić information content (AvgIpc) is 3.16. The summed E-state index contributed by atoms with van der Waals surface area (Å²) < 4.78 is 0. The fourth-order valence-electron chi connectivity index (χ4n) is 9.82. The minimum absolute atomic E-state index is 0.123. The van der Waals surface area contributed by atoms with E-state index in [1.165, 1.54) is 50.5 Å². The van der Waals surface area contributed by atoms with Crippen molar-refractivity contribution in [2.75, 3.05) is 0 Å². The van der Waals surface area contributed by atoms with Crippen molar-refractivity contribution in [3.63, 3.8) is 0 Å². The largest absolute Gasteiger partial charge is 0.481 e. The number of nitrogens with two attached hydrogens (primary N) is 1. The van der Waals surface area contributed by atoms with Crippen molar-refractivity contribution < 1.29 is 19.8 Å². The summed E-state index contributed by atoms with van der Waals surface area (Å²) >= 11 is 0. The van der Waals surface area contributed by atoms with Crippen molar-refractivity contribution in [3.05, 3.63) is 11.6 Å². The highest BCUT2D eigenvalue weighted by atomic mass is 16.4. The van der Waals surface area contributed by atoms with Gasteiger partial charge in [0.15, 0.2) is 0 Å². The number of hydrogen-bond donors (Lipinski definition) is 3. The topological polar surface area (TPSA) is 101 Å². The van der Waals surface area contributed by atoms with E-state index < -0.39 is 23.9 Å². The molecule has 3 saturated carbocycles. The van der Waals surface area contributed by atoms with Gasteiger partial charge in [0, 0.05) is 0 Å². The molecule has 4 rings (SSSR count). The molecule has 5 unspecified atom stereocenters. The Kier molecular flexibility index (Phi) is 8.01. The maximum absolute atomic E-state index is 12.0. The van der Waals surface area contributed by atoms with E-state index in [0.717, 1.165) is 48.9 Å².